The predicted molar refractivity (Wildman–Crippen MR) is 103 cm³/mol. The Morgan fingerprint density at radius 3 is 2.67 bits per heavy atom. The van der Waals surface area contributed by atoms with Crippen LogP contribution in [0.2, 0.25) is 0 Å². The van der Waals surface area contributed by atoms with Gasteiger partial charge in [-0.05, 0) is 61.7 Å². The van der Waals surface area contributed by atoms with Crippen LogP contribution in [0.25, 0.3) is 11.0 Å². The molecule has 0 radical (unpaired) electrons. The van der Waals surface area contributed by atoms with Crippen LogP contribution >= 0.6 is 0 Å². The molecule has 0 saturated heterocycles. The lowest BCUT2D eigenvalue weighted by Gasteiger charge is -2.13. The summed E-state index contributed by atoms with van der Waals surface area (Å²) in [5.41, 5.74) is 3.50. The van der Waals surface area contributed by atoms with E-state index in [1.54, 1.807) is 37.3 Å². The summed E-state index contributed by atoms with van der Waals surface area (Å²) in [5, 5.41) is 12.6. The Labute approximate surface area is 156 Å². The molecule has 140 valence electrons. The van der Waals surface area contributed by atoms with E-state index in [0.717, 1.165) is 11.1 Å². The summed E-state index contributed by atoms with van der Waals surface area (Å²) in [6, 6.07) is 10.5. The first-order valence-corrected chi connectivity index (χ1v) is 8.56. The minimum absolute atomic E-state index is 0.0979. The van der Waals surface area contributed by atoms with Crippen LogP contribution in [0.15, 0.2) is 45.6 Å². The Kier molecular flexibility index (Phi) is 5.28. The van der Waals surface area contributed by atoms with Crippen molar-refractivity contribution < 1.29 is 19.1 Å². The van der Waals surface area contributed by atoms with Crippen LogP contribution in [0.5, 0.6) is 5.75 Å². The number of ether oxygens (including phenoxy) is 1. The van der Waals surface area contributed by atoms with Crippen molar-refractivity contribution in [2.45, 2.75) is 27.4 Å². The quantitative estimate of drug-likeness (QED) is 0.676. The predicted octanol–water partition coefficient (Wildman–Crippen LogP) is 3.23. The summed E-state index contributed by atoms with van der Waals surface area (Å²) < 4.78 is 11.1. The molecule has 0 bridgehead atoms. The number of carbonyl (C=O) groups is 1. The highest BCUT2D eigenvalue weighted by Gasteiger charge is 2.14. The van der Waals surface area contributed by atoms with E-state index < -0.39 is 0 Å². The van der Waals surface area contributed by atoms with Crippen LogP contribution < -0.4 is 15.7 Å². The van der Waals surface area contributed by atoms with Crippen molar-refractivity contribution in [3.63, 3.8) is 0 Å². The second-order valence-electron chi connectivity index (χ2n) is 6.47. The standard InChI is InChI=1S/C21H21NO5/c1-12-7-17(20-13(2)14(3)21(25)27-18(20)8-12)26-11-19(24)22-16-6-4-5-15(9-16)10-23/h4-9,23H,10-11H2,1-3H3,(H,22,24). The van der Waals surface area contributed by atoms with E-state index >= 15 is 0 Å². The van der Waals surface area contributed by atoms with E-state index in [4.69, 9.17) is 9.15 Å². The molecule has 6 nitrogen and oxygen atoms in total. The number of aryl methyl sites for hydroxylation is 2. The number of carbonyl (C=O) groups excluding carboxylic acids is 1. The lowest BCUT2D eigenvalue weighted by molar-refractivity contribution is -0.118. The van der Waals surface area contributed by atoms with Crippen LogP contribution in [0, 0.1) is 20.8 Å². The minimum Gasteiger partial charge on any atom is -0.483 e. The first-order chi connectivity index (χ1) is 12.9. The number of amides is 1. The Balaban J connectivity index is 1.83. The Hall–Kier alpha value is -3.12. The van der Waals surface area contributed by atoms with Gasteiger partial charge in [0.05, 0.1) is 12.0 Å². The molecule has 3 rings (SSSR count). The van der Waals surface area contributed by atoms with Crippen molar-refractivity contribution in [2.75, 3.05) is 11.9 Å². The van der Waals surface area contributed by atoms with E-state index in [0.29, 0.717) is 33.5 Å². The summed E-state index contributed by atoms with van der Waals surface area (Å²) in [6.07, 6.45) is 0. The second-order valence-corrected chi connectivity index (χ2v) is 6.47. The number of hydrogen-bond acceptors (Lipinski definition) is 5. The Morgan fingerprint density at radius 1 is 1.15 bits per heavy atom. The Bertz CT molecular complexity index is 1070. The van der Waals surface area contributed by atoms with E-state index in [1.165, 1.54) is 0 Å². The van der Waals surface area contributed by atoms with E-state index in [-0.39, 0.29) is 24.7 Å². The molecule has 0 unspecified atom stereocenters. The molecule has 6 heteroatoms. The van der Waals surface area contributed by atoms with E-state index in [1.807, 2.05) is 19.9 Å². The normalized spacial score (nSPS) is 10.8. The SMILES string of the molecule is Cc1cc(OCC(=O)Nc2cccc(CO)c2)c2c(C)c(C)c(=O)oc2c1. The summed E-state index contributed by atoms with van der Waals surface area (Å²) in [7, 11) is 0. The number of benzene rings is 2. The topological polar surface area (TPSA) is 88.8 Å². The third kappa shape index (κ3) is 4.01. The first-order valence-electron chi connectivity index (χ1n) is 8.56. The van der Waals surface area contributed by atoms with E-state index in [9.17, 15) is 14.7 Å². The van der Waals surface area contributed by atoms with Crippen molar-refractivity contribution in [1.29, 1.82) is 0 Å². The van der Waals surface area contributed by atoms with Gasteiger partial charge in [-0.2, -0.15) is 0 Å². The summed E-state index contributed by atoms with van der Waals surface area (Å²) >= 11 is 0. The van der Waals surface area contributed by atoms with Gasteiger partial charge in [0.2, 0.25) is 0 Å². The molecule has 1 amide bonds. The maximum absolute atomic E-state index is 12.2. The zero-order valence-corrected chi connectivity index (χ0v) is 15.5. The number of anilines is 1. The van der Waals surface area contributed by atoms with Gasteiger partial charge in [-0.25, -0.2) is 4.79 Å². The van der Waals surface area contributed by atoms with Gasteiger partial charge < -0.3 is 19.6 Å². The molecule has 27 heavy (non-hydrogen) atoms. The molecule has 2 N–H and O–H groups in total. The summed E-state index contributed by atoms with van der Waals surface area (Å²) in [4.78, 5) is 24.1. The molecule has 0 saturated carbocycles. The van der Waals surface area contributed by atoms with Gasteiger partial charge >= 0.3 is 5.63 Å². The van der Waals surface area contributed by atoms with Crippen molar-refractivity contribution >= 4 is 22.6 Å². The minimum atomic E-state index is -0.377. The highest BCUT2D eigenvalue weighted by atomic mass is 16.5. The number of hydrogen-bond donors (Lipinski definition) is 2. The summed E-state index contributed by atoms with van der Waals surface area (Å²) in [6.45, 7) is 5.10. The Morgan fingerprint density at radius 2 is 1.93 bits per heavy atom. The molecule has 3 aromatic rings. The zero-order chi connectivity index (χ0) is 19.6. The van der Waals surface area contributed by atoms with Crippen LogP contribution in [0.4, 0.5) is 5.69 Å². The average molecular weight is 367 g/mol. The molecular weight excluding hydrogens is 346 g/mol. The van der Waals surface area contributed by atoms with Crippen molar-refractivity contribution in [3.05, 3.63) is 69.1 Å². The number of fused-ring (bicyclic) bond motifs is 1. The molecule has 0 spiro atoms. The van der Waals surface area contributed by atoms with Gasteiger partial charge in [0.25, 0.3) is 5.91 Å². The lowest BCUT2D eigenvalue weighted by Crippen LogP contribution is -2.20. The lowest BCUT2D eigenvalue weighted by atomic mass is 10.0. The number of aliphatic hydroxyl groups excluding tert-OH is 1. The van der Waals surface area contributed by atoms with Crippen LogP contribution in [0.1, 0.15) is 22.3 Å². The zero-order valence-electron chi connectivity index (χ0n) is 15.5. The molecular formula is C21H21NO5. The van der Waals surface area contributed by atoms with Crippen molar-refractivity contribution in [3.8, 4) is 5.75 Å². The van der Waals surface area contributed by atoms with Gasteiger partial charge in [-0.1, -0.05) is 12.1 Å². The number of aliphatic hydroxyl groups is 1. The molecule has 1 heterocycles. The average Bonchev–Trinajstić information content (AvgIpc) is 2.64. The fourth-order valence-electron chi connectivity index (χ4n) is 2.89. The number of nitrogens with one attached hydrogen (secondary N) is 1. The molecule has 0 aliphatic carbocycles. The first kappa shape index (κ1) is 18.7. The highest BCUT2D eigenvalue weighted by molar-refractivity contribution is 5.93. The maximum atomic E-state index is 12.2. The van der Waals surface area contributed by atoms with Crippen LogP contribution in [-0.4, -0.2) is 17.6 Å². The molecule has 1 aromatic heterocycles. The van der Waals surface area contributed by atoms with Gasteiger partial charge in [0.15, 0.2) is 6.61 Å². The van der Waals surface area contributed by atoms with Crippen LogP contribution in [0.3, 0.4) is 0 Å². The third-order valence-electron chi connectivity index (χ3n) is 4.41. The number of rotatable bonds is 5. The largest absolute Gasteiger partial charge is 0.483 e. The van der Waals surface area contributed by atoms with Gasteiger partial charge in [0.1, 0.15) is 11.3 Å². The van der Waals surface area contributed by atoms with Crippen molar-refractivity contribution in [1.82, 2.24) is 0 Å². The van der Waals surface area contributed by atoms with Crippen LogP contribution in [-0.2, 0) is 11.4 Å². The molecule has 2 aromatic carbocycles. The molecule has 0 fully saturated rings. The van der Waals surface area contributed by atoms with Gasteiger partial charge in [0, 0.05) is 11.3 Å². The van der Waals surface area contributed by atoms with Crippen molar-refractivity contribution in [2.24, 2.45) is 0 Å². The molecule has 0 aliphatic rings. The molecule has 0 atom stereocenters. The third-order valence-corrected chi connectivity index (χ3v) is 4.41. The highest BCUT2D eigenvalue weighted by Crippen LogP contribution is 2.30. The molecule has 0 aliphatic heterocycles. The fraction of sp³-hybridized carbons (Fsp3) is 0.238. The summed E-state index contributed by atoms with van der Waals surface area (Å²) in [5.74, 6) is 0.167. The van der Waals surface area contributed by atoms with Gasteiger partial charge in [-0.15, -0.1) is 0 Å². The smallest absolute Gasteiger partial charge is 0.339 e. The second kappa shape index (κ2) is 7.63. The fourth-order valence-corrected chi connectivity index (χ4v) is 2.89. The monoisotopic (exact) mass is 367 g/mol. The van der Waals surface area contributed by atoms with Gasteiger partial charge in [-0.3, -0.25) is 4.79 Å². The maximum Gasteiger partial charge on any atom is 0.339 e. The van der Waals surface area contributed by atoms with E-state index in [2.05, 4.69) is 5.32 Å².